The highest BCUT2D eigenvalue weighted by Crippen LogP contribution is 2.64. The van der Waals surface area contributed by atoms with Crippen molar-refractivity contribution in [3.63, 3.8) is 0 Å². The number of hydrogen-bond acceptors (Lipinski definition) is 2. The number of nitrogens with zero attached hydrogens (tertiary/aromatic N) is 2. The molecular weight excluding hydrogens is 777 g/mol. The van der Waals surface area contributed by atoms with Gasteiger partial charge in [0, 0.05) is 69.4 Å². The number of nitrogens with one attached hydrogen (secondary N) is 2. The van der Waals surface area contributed by atoms with Gasteiger partial charge in [-0.2, -0.15) is 0 Å². The zero-order valence-electron chi connectivity index (χ0n) is 35.7. The summed E-state index contributed by atoms with van der Waals surface area (Å²) in [4.78, 5) is 20.1. The van der Waals surface area contributed by atoms with Gasteiger partial charge in [0.1, 0.15) is 0 Å². The smallest absolute Gasteiger partial charge is 0.0700 e. The van der Waals surface area contributed by atoms with Crippen molar-refractivity contribution in [1.82, 2.24) is 19.9 Å². The molecule has 0 unspecified atom stereocenters. The molecule has 0 saturated heterocycles. The maximum atomic E-state index is 5.85. The van der Waals surface area contributed by atoms with Gasteiger partial charge in [0.15, 0.2) is 0 Å². The molecule has 306 valence electrons. The van der Waals surface area contributed by atoms with Crippen molar-refractivity contribution >= 4 is 44.4 Å². The molecule has 2 N–H and O–H groups in total. The number of aromatic amines is 2. The van der Waals surface area contributed by atoms with E-state index in [-0.39, 0.29) is 0 Å². The summed E-state index contributed by atoms with van der Waals surface area (Å²) in [5.74, 6) is 2.89. The molecule has 4 heteroatoms. The standard InChI is InChI=1S/C60H46N4/c1-2-10-30-29(9-1)37-17-18-38(30)54-46-26-48-56-40-21-22-42(34-14-6-5-13-33(34)40)58(56)50(63-48)28-52-60-44-24-23-43(35-15-7-8-16-36(35)44)59(60)51(64-52)27-49-57-41-20-19-39(31-11-3-4-12-32(31)41)55(57)47(62-49)25-45(61-46)53(37)54/h1-16,25-28,37-44,61-62H,17-24H2/t37-,38+,39+,40-,41-,42+,43-,44+/m0/s1. The van der Waals surface area contributed by atoms with E-state index in [1.807, 2.05) is 0 Å². The van der Waals surface area contributed by atoms with Gasteiger partial charge in [-0.15, -0.1) is 0 Å². The fourth-order valence-electron chi connectivity index (χ4n) is 16.2. The summed E-state index contributed by atoms with van der Waals surface area (Å²) >= 11 is 0. The van der Waals surface area contributed by atoms with Crippen LogP contribution in [0.1, 0.15) is 188 Å². The van der Waals surface area contributed by atoms with Crippen LogP contribution in [0.5, 0.6) is 0 Å². The van der Waals surface area contributed by atoms with Gasteiger partial charge in [0.2, 0.25) is 0 Å². The van der Waals surface area contributed by atoms with E-state index in [4.69, 9.17) is 9.97 Å². The third-order valence-corrected chi connectivity index (χ3v) is 18.3. The molecule has 3 aromatic heterocycles. The Hall–Kier alpha value is -6.52. The summed E-state index contributed by atoms with van der Waals surface area (Å²) < 4.78 is 0. The van der Waals surface area contributed by atoms with Gasteiger partial charge in [-0.3, -0.25) is 0 Å². The van der Waals surface area contributed by atoms with Crippen molar-refractivity contribution in [3.8, 4) is 0 Å². The number of allylic oxidation sites excluding steroid dienone is 4. The highest BCUT2D eigenvalue weighted by atomic mass is 14.8. The molecule has 64 heavy (non-hydrogen) atoms. The molecular formula is C60H46N4. The fourth-order valence-corrected chi connectivity index (χ4v) is 16.2. The van der Waals surface area contributed by atoms with Crippen LogP contribution in [0.15, 0.2) is 121 Å². The summed E-state index contributed by atoms with van der Waals surface area (Å²) in [6.45, 7) is 0. The fraction of sp³-hybridized carbons (Fsp3) is 0.267. The first-order chi connectivity index (χ1) is 31.7. The first kappa shape index (κ1) is 34.0. The van der Waals surface area contributed by atoms with Crippen LogP contribution in [0.2, 0.25) is 0 Å². The Bertz CT molecular complexity index is 3360. The van der Waals surface area contributed by atoms with Gasteiger partial charge in [0.25, 0.3) is 0 Å². The first-order valence-electron chi connectivity index (χ1n) is 24.4. The van der Waals surface area contributed by atoms with Crippen LogP contribution in [0, 0.1) is 0 Å². The zero-order chi connectivity index (χ0) is 41.1. The van der Waals surface area contributed by atoms with Crippen molar-refractivity contribution in [2.24, 2.45) is 0 Å². The normalized spacial score (nSPS) is 27.4. The Morgan fingerprint density at radius 1 is 0.281 bits per heavy atom. The molecule has 7 aromatic rings. The molecule has 8 atom stereocenters. The summed E-state index contributed by atoms with van der Waals surface area (Å²) in [6.07, 6.45) is 9.46. The van der Waals surface area contributed by atoms with Crippen LogP contribution in [0.25, 0.3) is 44.4 Å². The summed E-state index contributed by atoms with van der Waals surface area (Å²) in [7, 11) is 0. The van der Waals surface area contributed by atoms with Crippen molar-refractivity contribution in [2.75, 3.05) is 0 Å². The molecule has 2 aliphatic heterocycles. The molecule has 16 bridgehead atoms. The van der Waals surface area contributed by atoms with E-state index in [2.05, 4.69) is 131 Å². The van der Waals surface area contributed by atoms with Crippen molar-refractivity contribution in [3.05, 3.63) is 211 Å². The second-order valence-electron chi connectivity index (χ2n) is 20.8. The monoisotopic (exact) mass is 822 g/mol. The van der Waals surface area contributed by atoms with E-state index in [0.29, 0.717) is 47.3 Å². The second-order valence-corrected chi connectivity index (χ2v) is 20.8. The molecule has 0 saturated carbocycles. The zero-order valence-corrected chi connectivity index (χ0v) is 35.7. The van der Waals surface area contributed by atoms with Gasteiger partial charge in [0.05, 0.1) is 22.8 Å². The Kier molecular flexibility index (Phi) is 6.25. The van der Waals surface area contributed by atoms with Crippen molar-refractivity contribution in [1.29, 1.82) is 0 Å². The van der Waals surface area contributed by atoms with E-state index < -0.39 is 0 Å². The van der Waals surface area contributed by atoms with E-state index >= 15 is 0 Å². The number of H-pyrrole nitrogens is 2. The maximum absolute atomic E-state index is 5.85. The van der Waals surface area contributed by atoms with E-state index in [9.17, 15) is 0 Å². The lowest BCUT2D eigenvalue weighted by Crippen LogP contribution is -2.24. The van der Waals surface area contributed by atoms with Gasteiger partial charge in [-0.05, 0) is 165 Å². The Labute approximate surface area is 372 Å². The highest BCUT2D eigenvalue weighted by molar-refractivity contribution is 6.04. The van der Waals surface area contributed by atoms with Crippen LogP contribution in [0.4, 0.5) is 0 Å². The number of rotatable bonds is 0. The lowest BCUT2D eigenvalue weighted by Gasteiger charge is -2.40. The minimum absolute atomic E-state index is 0.347. The van der Waals surface area contributed by atoms with Crippen LogP contribution in [-0.4, -0.2) is 19.9 Å². The van der Waals surface area contributed by atoms with Crippen LogP contribution in [-0.2, 0) is 0 Å². The Morgan fingerprint density at radius 3 is 0.812 bits per heavy atom. The molecule has 5 heterocycles. The van der Waals surface area contributed by atoms with Gasteiger partial charge < -0.3 is 9.97 Å². The lowest BCUT2D eigenvalue weighted by atomic mass is 9.62. The predicted octanol–water partition coefficient (Wildman–Crippen LogP) is 14.2. The minimum atomic E-state index is 0.347. The number of hydrogen-bond donors (Lipinski definition) is 2. The van der Waals surface area contributed by atoms with Gasteiger partial charge in [-0.25, -0.2) is 9.97 Å². The molecule has 14 aliphatic rings. The highest BCUT2D eigenvalue weighted by Gasteiger charge is 2.47. The average molecular weight is 823 g/mol. The van der Waals surface area contributed by atoms with Crippen molar-refractivity contribution < 1.29 is 0 Å². The number of aromatic nitrogens is 4. The Balaban J connectivity index is 1.03. The third-order valence-electron chi connectivity index (χ3n) is 18.3. The molecule has 0 fully saturated rings. The molecule has 21 rings (SSSR count). The van der Waals surface area contributed by atoms with Crippen LogP contribution >= 0.6 is 0 Å². The SMILES string of the molecule is c1ccc2c(c1)[C@H]1CC[C@@H]2c2c1c1cc3[nH]c(cc4nc(cc5nc(cc2[nH]1)C1=C5[C@@H]2CC[C@H]1c1ccccc12)C1=C4[C@H]2CC[C@@H]1c1ccccc12)c1c3[C@H]2CC[C@@H]1c1ccccc12. The Morgan fingerprint density at radius 2 is 0.516 bits per heavy atom. The quantitative estimate of drug-likeness (QED) is 0.160. The molecule has 0 radical (unpaired) electrons. The number of fused-ring (bicyclic) bond motifs is 12. The molecule has 4 nitrogen and oxygen atoms in total. The second kappa shape index (κ2) is 11.8. The predicted molar refractivity (Wildman–Crippen MR) is 256 cm³/mol. The third kappa shape index (κ3) is 4.06. The minimum Gasteiger partial charge on any atom is -0.355 e. The average Bonchev–Trinajstić information content (AvgIpc) is 4.13. The van der Waals surface area contributed by atoms with E-state index in [1.54, 1.807) is 0 Å². The summed E-state index contributed by atoms with van der Waals surface area (Å²) in [5.41, 5.74) is 33.8. The van der Waals surface area contributed by atoms with E-state index in [0.717, 1.165) is 22.8 Å². The summed E-state index contributed by atoms with van der Waals surface area (Å²) in [6, 6.07) is 47.4. The van der Waals surface area contributed by atoms with E-state index in [1.165, 1.54) is 162 Å². The van der Waals surface area contributed by atoms with Gasteiger partial charge >= 0.3 is 0 Å². The molecule has 0 spiro atoms. The number of benzene rings is 4. The lowest BCUT2D eigenvalue weighted by molar-refractivity contribution is 0.527. The largest absolute Gasteiger partial charge is 0.355 e. The first-order valence-corrected chi connectivity index (χ1v) is 24.4. The maximum Gasteiger partial charge on any atom is 0.0700 e. The van der Waals surface area contributed by atoms with Crippen LogP contribution in [0.3, 0.4) is 0 Å². The van der Waals surface area contributed by atoms with Gasteiger partial charge in [-0.1, -0.05) is 97.1 Å². The topological polar surface area (TPSA) is 57.4 Å². The van der Waals surface area contributed by atoms with Crippen LogP contribution < -0.4 is 0 Å². The molecule has 12 aliphatic carbocycles. The molecule has 0 amide bonds. The summed E-state index contributed by atoms with van der Waals surface area (Å²) in [5, 5.41) is 0. The van der Waals surface area contributed by atoms with Crippen molar-refractivity contribution in [2.45, 2.75) is 98.7 Å². The molecule has 4 aromatic carbocycles.